The van der Waals surface area contributed by atoms with Crippen molar-refractivity contribution in [2.75, 3.05) is 0 Å². The molecule has 3 aromatic rings. The molecule has 0 unspecified atom stereocenters. The van der Waals surface area contributed by atoms with Gasteiger partial charge in [-0.1, -0.05) is 32.0 Å². The number of hydrogen-bond acceptors (Lipinski definition) is 4. The van der Waals surface area contributed by atoms with Gasteiger partial charge in [0.1, 0.15) is 0 Å². The zero-order chi connectivity index (χ0) is 19.1. The van der Waals surface area contributed by atoms with Crippen molar-refractivity contribution in [3.8, 4) is 0 Å². The Bertz CT molecular complexity index is 1120. The van der Waals surface area contributed by atoms with Crippen LogP contribution in [0.25, 0.3) is 10.9 Å². The molecule has 6 nitrogen and oxygen atoms in total. The largest absolute Gasteiger partial charge is 0.322 e. The van der Waals surface area contributed by atoms with E-state index in [0.717, 1.165) is 11.1 Å². The molecular formula is C19H23N3O3S. The summed E-state index contributed by atoms with van der Waals surface area (Å²) in [7, 11) is -3.75. The molecule has 1 aromatic carbocycles. The summed E-state index contributed by atoms with van der Waals surface area (Å²) in [4.78, 5) is 19.4. The number of pyridine rings is 1. The highest BCUT2D eigenvalue weighted by atomic mass is 32.2. The molecule has 26 heavy (non-hydrogen) atoms. The molecular weight excluding hydrogens is 350 g/mol. The van der Waals surface area contributed by atoms with Gasteiger partial charge in [-0.05, 0) is 37.3 Å². The second-order valence-electron chi connectivity index (χ2n) is 7.04. The molecule has 0 saturated carbocycles. The van der Waals surface area contributed by atoms with Crippen molar-refractivity contribution in [2.45, 2.75) is 45.1 Å². The zero-order valence-corrected chi connectivity index (χ0v) is 16.2. The van der Waals surface area contributed by atoms with Gasteiger partial charge in [-0.25, -0.2) is 13.4 Å². The number of rotatable bonds is 5. The maximum Gasteiger partial charge on any atom is 0.252 e. The molecule has 0 fully saturated rings. The smallest absolute Gasteiger partial charge is 0.252 e. The Kier molecular flexibility index (Phi) is 4.75. The van der Waals surface area contributed by atoms with Crippen molar-refractivity contribution in [1.29, 1.82) is 0 Å². The number of fused-ring (bicyclic) bond motifs is 1. The lowest BCUT2D eigenvalue weighted by Gasteiger charge is -2.13. The average Bonchev–Trinajstić information content (AvgIpc) is 2.84. The van der Waals surface area contributed by atoms with E-state index in [1.807, 2.05) is 39.0 Å². The standard InChI is InChI=1S/C19H23N3O3S/c1-12(2)10-22-14(4)13(3)20-19(22)26(24,25)11-16-9-15-7-5-6-8-17(15)21-18(16)23/h5-9,12H,10-11H2,1-4H3,(H,21,23). The van der Waals surface area contributed by atoms with Crippen LogP contribution in [0, 0.1) is 19.8 Å². The maximum absolute atomic E-state index is 13.0. The zero-order valence-electron chi connectivity index (χ0n) is 15.4. The van der Waals surface area contributed by atoms with E-state index in [2.05, 4.69) is 9.97 Å². The lowest BCUT2D eigenvalue weighted by atomic mass is 10.2. The number of aryl methyl sites for hydroxylation is 1. The van der Waals surface area contributed by atoms with Crippen LogP contribution in [0.15, 0.2) is 40.3 Å². The Morgan fingerprint density at radius 2 is 1.88 bits per heavy atom. The van der Waals surface area contributed by atoms with Crippen molar-refractivity contribution in [3.63, 3.8) is 0 Å². The molecule has 0 aliphatic carbocycles. The summed E-state index contributed by atoms with van der Waals surface area (Å²) in [6.45, 7) is 8.29. The van der Waals surface area contributed by atoms with Gasteiger partial charge in [-0.3, -0.25) is 4.79 Å². The van der Waals surface area contributed by atoms with E-state index in [1.165, 1.54) is 0 Å². The number of imidazole rings is 1. The van der Waals surface area contributed by atoms with Crippen LogP contribution in [0.1, 0.15) is 30.8 Å². The second-order valence-corrected chi connectivity index (χ2v) is 8.92. The topological polar surface area (TPSA) is 84.8 Å². The molecule has 0 bridgehead atoms. The Morgan fingerprint density at radius 3 is 2.58 bits per heavy atom. The Morgan fingerprint density at radius 1 is 1.19 bits per heavy atom. The minimum Gasteiger partial charge on any atom is -0.322 e. The fraction of sp³-hybridized carbons (Fsp3) is 0.368. The van der Waals surface area contributed by atoms with E-state index in [1.54, 1.807) is 23.6 Å². The van der Waals surface area contributed by atoms with Crippen LogP contribution in [0.2, 0.25) is 0 Å². The fourth-order valence-corrected chi connectivity index (χ4v) is 4.59. The minimum absolute atomic E-state index is 0.0359. The number of aromatic nitrogens is 3. The highest BCUT2D eigenvalue weighted by Gasteiger charge is 2.26. The first-order valence-electron chi connectivity index (χ1n) is 8.56. The first kappa shape index (κ1) is 18.4. The first-order chi connectivity index (χ1) is 12.2. The van der Waals surface area contributed by atoms with Gasteiger partial charge in [0.15, 0.2) is 0 Å². The highest BCUT2D eigenvalue weighted by molar-refractivity contribution is 7.90. The van der Waals surface area contributed by atoms with Gasteiger partial charge in [-0.15, -0.1) is 0 Å². The molecule has 0 radical (unpaired) electrons. The van der Waals surface area contributed by atoms with Gasteiger partial charge in [0, 0.05) is 23.3 Å². The normalized spacial score (nSPS) is 12.2. The predicted octanol–water partition coefficient (Wildman–Crippen LogP) is 2.97. The van der Waals surface area contributed by atoms with E-state index >= 15 is 0 Å². The summed E-state index contributed by atoms with van der Waals surface area (Å²) in [5.41, 5.74) is 2.05. The van der Waals surface area contributed by atoms with Crippen LogP contribution in [0.5, 0.6) is 0 Å². The first-order valence-corrected chi connectivity index (χ1v) is 10.2. The Labute approximate surface area is 152 Å². The van der Waals surface area contributed by atoms with E-state index in [9.17, 15) is 13.2 Å². The number of para-hydroxylation sites is 1. The van der Waals surface area contributed by atoms with E-state index in [0.29, 0.717) is 17.8 Å². The van der Waals surface area contributed by atoms with Gasteiger partial charge in [-0.2, -0.15) is 0 Å². The van der Waals surface area contributed by atoms with Gasteiger partial charge in [0.05, 0.1) is 11.4 Å². The summed E-state index contributed by atoms with van der Waals surface area (Å²) in [6, 6.07) is 8.94. The van der Waals surface area contributed by atoms with Crippen molar-refractivity contribution in [3.05, 3.63) is 57.6 Å². The molecule has 2 heterocycles. The monoisotopic (exact) mass is 373 g/mol. The predicted molar refractivity (Wildman–Crippen MR) is 102 cm³/mol. The molecule has 3 rings (SSSR count). The molecule has 0 amide bonds. The third kappa shape index (κ3) is 3.44. The fourth-order valence-electron chi connectivity index (χ4n) is 3.01. The number of nitrogens with one attached hydrogen (secondary N) is 1. The molecule has 0 aliphatic heterocycles. The Hall–Kier alpha value is -2.41. The summed E-state index contributed by atoms with van der Waals surface area (Å²) in [5, 5.41) is 0.837. The SMILES string of the molecule is Cc1nc(S(=O)(=O)Cc2cc3ccccc3[nH]c2=O)n(CC(C)C)c1C. The number of nitrogens with zero attached hydrogens (tertiary/aromatic N) is 2. The Balaban J connectivity index is 2.07. The lowest BCUT2D eigenvalue weighted by Crippen LogP contribution is -2.20. The average molecular weight is 373 g/mol. The molecule has 0 spiro atoms. The summed E-state index contributed by atoms with van der Waals surface area (Å²) >= 11 is 0. The van der Waals surface area contributed by atoms with Crippen LogP contribution in [0.4, 0.5) is 0 Å². The summed E-state index contributed by atoms with van der Waals surface area (Å²) < 4.78 is 27.8. The molecule has 7 heteroatoms. The summed E-state index contributed by atoms with van der Waals surface area (Å²) in [6.07, 6.45) is 0. The van der Waals surface area contributed by atoms with Crippen molar-refractivity contribution < 1.29 is 8.42 Å². The quantitative estimate of drug-likeness (QED) is 0.745. The van der Waals surface area contributed by atoms with Crippen LogP contribution in [0.3, 0.4) is 0 Å². The summed E-state index contributed by atoms with van der Waals surface area (Å²) in [5.74, 6) is -0.0958. The number of H-pyrrole nitrogens is 1. The van der Waals surface area contributed by atoms with Crippen molar-refractivity contribution >= 4 is 20.7 Å². The van der Waals surface area contributed by atoms with Crippen LogP contribution >= 0.6 is 0 Å². The van der Waals surface area contributed by atoms with Crippen molar-refractivity contribution in [1.82, 2.24) is 14.5 Å². The number of hydrogen-bond donors (Lipinski definition) is 1. The third-order valence-corrected chi connectivity index (χ3v) is 5.98. The molecule has 1 N–H and O–H groups in total. The van der Waals surface area contributed by atoms with E-state index in [-0.39, 0.29) is 27.9 Å². The van der Waals surface area contributed by atoms with E-state index in [4.69, 9.17) is 0 Å². The van der Waals surface area contributed by atoms with Gasteiger partial charge >= 0.3 is 0 Å². The molecule has 0 atom stereocenters. The molecule has 0 saturated heterocycles. The number of sulfone groups is 1. The van der Waals surface area contributed by atoms with Crippen LogP contribution < -0.4 is 5.56 Å². The minimum atomic E-state index is -3.75. The molecule has 138 valence electrons. The second kappa shape index (κ2) is 6.72. The van der Waals surface area contributed by atoms with Crippen LogP contribution in [-0.4, -0.2) is 23.0 Å². The van der Waals surface area contributed by atoms with Gasteiger partial charge < -0.3 is 9.55 Å². The van der Waals surface area contributed by atoms with Crippen LogP contribution in [-0.2, 0) is 22.1 Å². The number of aromatic amines is 1. The third-order valence-electron chi connectivity index (χ3n) is 4.42. The lowest BCUT2D eigenvalue weighted by molar-refractivity contribution is 0.475. The molecule has 0 aliphatic rings. The molecule has 2 aromatic heterocycles. The van der Waals surface area contributed by atoms with Gasteiger partial charge in [0.25, 0.3) is 5.56 Å². The number of benzene rings is 1. The van der Waals surface area contributed by atoms with Gasteiger partial charge in [0.2, 0.25) is 15.0 Å². The van der Waals surface area contributed by atoms with E-state index < -0.39 is 9.84 Å². The van der Waals surface area contributed by atoms with Crippen molar-refractivity contribution in [2.24, 2.45) is 5.92 Å². The highest BCUT2D eigenvalue weighted by Crippen LogP contribution is 2.21. The maximum atomic E-state index is 13.0.